The van der Waals surface area contributed by atoms with E-state index in [4.69, 9.17) is 9.40 Å². The van der Waals surface area contributed by atoms with Gasteiger partial charge in [-0.1, -0.05) is 58.8 Å². The summed E-state index contributed by atoms with van der Waals surface area (Å²) in [7, 11) is 0. The van der Waals surface area contributed by atoms with Crippen LogP contribution in [0.1, 0.15) is 27.4 Å². The van der Waals surface area contributed by atoms with Crippen LogP contribution >= 0.6 is 23.1 Å². The van der Waals surface area contributed by atoms with Gasteiger partial charge in [0.25, 0.3) is 10.8 Å². The number of hydrogen-bond acceptors (Lipinski definition) is 7. The average molecular weight is 475 g/mol. The zero-order chi connectivity index (χ0) is 23.1. The minimum atomic E-state index is -0.128. The Labute approximate surface area is 199 Å². The fourth-order valence-corrected chi connectivity index (χ4v) is 5.61. The highest BCUT2D eigenvalue weighted by atomic mass is 32.2. The molecule has 6 nitrogen and oxygen atoms in total. The van der Waals surface area contributed by atoms with E-state index in [1.807, 2.05) is 32.9 Å². The zero-order valence-electron chi connectivity index (χ0n) is 18.7. The van der Waals surface area contributed by atoms with Crippen LogP contribution in [0.4, 0.5) is 0 Å². The second kappa shape index (κ2) is 8.61. The van der Waals surface area contributed by atoms with E-state index in [0.717, 1.165) is 37.5 Å². The standard InChI is InChI=1S/C25H22N4O2S2/c1-13-5-7-17(8-6-13)20-16(4)33-24-21(20)22(30)26-19(27-24)12-32-25-29-28-23(31-25)18-10-14(2)9-15(3)11-18/h5-11H,12H2,1-4H3,(H,26,27,30). The molecule has 3 aromatic heterocycles. The first-order valence-corrected chi connectivity index (χ1v) is 12.3. The molecule has 33 heavy (non-hydrogen) atoms. The number of thioether (sulfide) groups is 1. The van der Waals surface area contributed by atoms with Crippen molar-refractivity contribution in [3.05, 3.63) is 80.2 Å². The molecule has 0 fully saturated rings. The van der Waals surface area contributed by atoms with Gasteiger partial charge in [0.2, 0.25) is 5.89 Å². The highest BCUT2D eigenvalue weighted by Gasteiger charge is 2.17. The summed E-state index contributed by atoms with van der Waals surface area (Å²) >= 11 is 2.90. The van der Waals surface area contributed by atoms with Crippen LogP contribution < -0.4 is 5.56 Å². The van der Waals surface area contributed by atoms with Gasteiger partial charge < -0.3 is 9.40 Å². The van der Waals surface area contributed by atoms with E-state index in [0.29, 0.717) is 28.1 Å². The van der Waals surface area contributed by atoms with Gasteiger partial charge in [0.15, 0.2) is 0 Å². The molecule has 0 aliphatic rings. The van der Waals surface area contributed by atoms with Crippen LogP contribution in [0.15, 0.2) is 56.9 Å². The Morgan fingerprint density at radius 2 is 1.67 bits per heavy atom. The summed E-state index contributed by atoms with van der Waals surface area (Å²) in [5.74, 6) is 1.49. The SMILES string of the molecule is Cc1ccc(-c2c(C)sc3nc(CSc4nnc(-c5cc(C)cc(C)c5)o4)[nH]c(=O)c23)cc1. The number of aryl methyl sites for hydroxylation is 4. The fraction of sp³-hybridized carbons (Fsp3) is 0.200. The summed E-state index contributed by atoms with van der Waals surface area (Å²) in [4.78, 5) is 22.5. The molecule has 0 spiro atoms. The van der Waals surface area contributed by atoms with E-state index in [2.05, 4.69) is 52.4 Å². The Bertz CT molecular complexity index is 1510. The van der Waals surface area contributed by atoms with Gasteiger partial charge >= 0.3 is 0 Å². The molecule has 0 saturated heterocycles. The molecule has 2 aromatic carbocycles. The molecule has 0 bridgehead atoms. The van der Waals surface area contributed by atoms with Crippen molar-refractivity contribution in [2.75, 3.05) is 0 Å². The number of aromatic amines is 1. The normalized spacial score (nSPS) is 11.4. The molecule has 166 valence electrons. The quantitative estimate of drug-likeness (QED) is 0.304. The van der Waals surface area contributed by atoms with E-state index in [9.17, 15) is 4.79 Å². The van der Waals surface area contributed by atoms with Gasteiger partial charge in [-0.3, -0.25) is 4.79 Å². The monoisotopic (exact) mass is 474 g/mol. The van der Waals surface area contributed by atoms with Crippen LogP contribution in [0.3, 0.4) is 0 Å². The van der Waals surface area contributed by atoms with Gasteiger partial charge in [-0.25, -0.2) is 4.98 Å². The van der Waals surface area contributed by atoms with Crippen molar-refractivity contribution in [1.82, 2.24) is 20.2 Å². The van der Waals surface area contributed by atoms with E-state index in [-0.39, 0.29) is 5.56 Å². The lowest BCUT2D eigenvalue weighted by Crippen LogP contribution is -2.10. The topological polar surface area (TPSA) is 84.7 Å². The first-order chi connectivity index (χ1) is 15.9. The van der Waals surface area contributed by atoms with Crippen molar-refractivity contribution < 1.29 is 4.42 Å². The molecule has 3 heterocycles. The predicted molar refractivity (Wildman–Crippen MR) is 134 cm³/mol. The molecular weight excluding hydrogens is 452 g/mol. The molecule has 0 aliphatic carbocycles. The Kier molecular flexibility index (Phi) is 5.64. The van der Waals surface area contributed by atoms with E-state index in [1.54, 1.807) is 11.3 Å². The number of benzene rings is 2. The van der Waals surface area contributed by atoms with Crippen LogP contribution in [0.5, 0.6) is 0 Å². The Hall–Kier alpha value is -3.23. The molecule has 5 rings (SSSR count). The van der Waals surface area contributed by atoms with Crippen LogP contribution in [0.2, 0.25) is 0 Å². The maximum absolute atomic E-state index is 13.0. The number of thiophene rings is 1. The molecule has 0 saturated carbocycles. The predicted octanol–water partition coefficient (Wildman–Crippen LogP) is 6.23. The fourth-order valence-electron chi connectivity index (χ4n) is 3.91. The zero-order valence-corrected chi connectivity index (χ0v) is 20.4. The Balaban J connectivity index is 1.40. The molecule has 8 heteroatoms. The highest BCUT2D eigenvalue weighted by Crippen LogP contribution is 2.36. The second-order valence-corrected chi connectivity index (χ2v) is 10.3. The van der Waals surface area contributed by atoms with Gasteiger partial charge in [0.1, 0.15) is 10.7 Å². The van der Waals surface area contributed by atoms with Crippen molar-refractivity contribution in [3.63, 3.8) is 0 Å². The number of rotatable bonds is 5. The molecular formula is C25H22N4O2S2. The summed E-state index contributed by atoms with van der Waals surface area (Å²) in [6.07, 6.45) is 0. The maximum Gasteiger partial charge on any atom is 0.277 e. The summed E-state index contributed by atoms with van der Waals surface area (Å²) in [5, 5.41) is 9.40. The molecule has 0 aliphatic heterocycles. The highest BCUT2D eigenvalue weighted by molar-refractivity contribution is 7.98. The van der Waals surface area contributed by atoms with Gasteiger partial charge in [-0.15, -0.1) is 21.5 Å². The number of fused-ring (bicyclic) bond motifs is 1. The maximum atomic E-state index is 13.0. The Morgan fingerprint density at radius 1 is 0.939 bits per heavy atom. The second-order valence-electron chi connectivity index (χ2n) is 8.13. The van der Waals surface area contributed by atoms with Gasteiger partial charge in [0.05, 0.1) is 11.1 Å². The molecule has 1 N–H and O–H groups in total. The van der Waals surface area contributed by atoms with Gasteiger partial charge in [-0.2, -0.15) is 0 Å². The molecule has 0 unspecified atom stereocenters. The van der Waals surface area contributed by atoms with Crippen LogP contribution in [0.25, 0.3) is 32.8 Å². The third-order valence-electron chi connectivity index (χ3n) is 5.33. The van der Waals surface area contributed by atoms with E-state index < -0.39 is 0 Å². The van der Waals surface area contributed by atoms with Crippen LogP contribution in [-0.4, -0.2) is 20.2 Å². The lowest BCUT2D eigenvalue weighted by molar-refractivity contribution is 0.465. The van der Waals surface area contributed by atoms with E-state index in [1.165, 1.54) is 17.3 Å². The number of nitrogens with zero attached hydrogens (tertiary/aromatic N) is 3. The van der Waals surface area contributed by atoms with Crippen molar-refractivity contribution in [3.8, 4) is 22.6 Å². The summed E-state index contributed by atoms with van der Waals surface area (Å²) in [6.45, 7) is 8.16. The van der Waals surface area contributed by atoms with Gasteiger partial charge in [-0.05, 0) is 45.4 Å². The number of nitrogens with one attached hydrogen (secondary N) is 1. The average Bonchev–Trinajstić information content (AvgIpc) is 3.37. The summed E-state index contributed by atoms with van der Waals surface area (Å²) < 4.78 is 5.83. The molecule has 5 aromatic rings. The number of H-pyrrole nitrogens is 1. The van der Waals surface area contributed by atoms with Crippen molar-refractivity contribution in [1.29, 1.82) is 0 Å². The lowest BCUT2D eigenvalue weighted by atomic mass is 10.0. The molecule has 0 amide bonds. The first kappa shape index (κ1) is 21.6. The molecule has 0 radical (unpaired) electrons. The van der Waals surface area contributed by atoms with Crippen molar-refractivity contribution in [2.24, 2.45) is 0 Å². The van der Waals surface area contributed by atoms with Crippen molar-refractivity contribution in [2.45, 2.75) is 38.7 Å². The number of hydrogen-bond donors (Lipinski definition) is 1. The van der Waals surface area contributed by atoms with Crippen LogP contribution in [-0.2, 0) is 5.75 Å². The third-order valence-corrected chi connectivity index (χ3v) is 7.16. The van der Waals surface area contributed by atoms with Crippen molar-refractivity contribution >= 4 is 33.3 Å². The summed E-state index contributed by atoms with van der Waals surface area (Å²) in [5.41, 5.74) is 6.23. The van der Waals surface area contributed by atoms with Crippen LogP contribution in [0, 0.1) is 27.7 Å². The van der Waals surface area contributed by atoms with Gasteiger partial charge in [0, 0.05) is 16.0 Å². The minimum absolute atomic E-state index is 0.128. The third kappa shape index (κ3) is 4.36. The largest absolute Gasteiger partial charge is 0.411 e. The minimum Gasteiger partial charge on any atom is -0.411 e. The number of aromatic nitrogens is 4. The van der Waals surface area contributed by atoms with E-state index >= 15 is 0 Å². The summed E-state index contributed by atoms with van der Waals surface area (Å²) in [6, 6.07) is 14.4. The Morgan fingerprint density at radius 3 is 2.39 bits per heavy atom. The first-order valence-electron chi connectivity index (χ1n) is 10.5. The smallest absolute Gasteiger partial charge is 0.277 e. The molecule has 0 atom stereocenters. The lowest BCUT2D eigenvalue weighted by Gasteiger charge is -2.03.